The summed E-state index contributed by atoms with van der Waals surface area (Å²) in [7, 11) is 3.82. The topological polar surface area (TPSA) is 73.0 Å². The van der Waals surface area contributed by atoms with Crippen molar-refractivity contribution in [1.82, 2.24) is 25.5 Å². The first-order valence-corrected chi connectivity index (χ1v) is 8.27. The number of benzene rings is 1. The van der Waals surface area contributed by atoms with Gasteiger partial charge in [0.1, 0.15) is 18.0 Å². The molecule has 0 saturated carbocycles. The van der Waals surface area contributed by atoms with Gasteiger partial charge in [0.05, 0.1) is 16.8 Å². The van der Waals surface area contributed by atoms with Gasteiger partial charge in [-0.1, -0.05) is 6.07 Å². The Kier molecular flexibility index (Phi) is 3.96. The van der Waals surface area contributed by atoms with E-state index < -0.39 is 0 Å². The Hall–Kier alpha value is -2.74. The Morgan fingerprint density at radius 1 is 1.16 bits per heavy atom. The number of nitrogens with zero attached hydrogens (tertiary/aromatic N) is 5. The summed E-state index contributed by atoms with van der Waals surface area (Å²) < 4.78 is 14.7. The third-order valence-electron chi connectivity index (χ3n) is 4.45. The number of hydrogen-bond donors (Lipinski definition) is 2. The second kappa shape index (κ2) is 6.29. The third-order valence-corrected chi connectivity index (χ3v) is 4.45. The van der Waals surface area contributed by atoms with Crippen LogP contribution in [0.25, 0.3) is 22.3 Å². The second-order valence-electron chi connectivity index (χ2n) is 6.29. The molecule has 3 aromatic rings. The van der Waals surface area contributed by atoms with Gasteiger partial charge in [-0.25, -0.2) is 14.4 Å². The molecule has 130 valence electrons. The van der Waals surface area contributed by atoms with Crippen molar-refractivity contribution in [3.8, 4) is 11.3 Å². The van der Waals surface area contributed by atoms with Crippen LogP contribution in [0.15, 0.2) is 24.5 Å². The van der Waals surface area contributed by atoms with Crippen molar-refractivity contribution < 1.29 is 4.39 Å². The molecule has 8 heteroatoms. The minimum absolute atomic E-state index is 0.231. The van der Waals surface area contributed by atoms with Gasteiger partial charge in [-0.2, -0.15) is 5.10 Å². The van der Waals surface area contributed by atoms with Crippen molar-refractivity contribution >= 4 is 22.5 Å². The predicted molar refractivity (Wildman–Crippen MR) is 96.5 cm³/mol. The fourth-order valence-corrected chi connectivity index (χ4v) is 3.21. The summed E-state index contributed by atoms with van der Waals surface area (Å²) in [6.07, 6.45) is 1.48. The van der Waals surface area contributed by atoms with Gasteiger partial charge in [0.2, 0.25) is 0 Å². The number of nitrogens with one attached hydrogen (secondary N) is 2. The summed E-state index contributed by atoms with van der Waals surface area (Å²) >= 11 is 0. The summed E-state index contributed by atoms with van der Waals surface area (Å²) in [5.74, 6) is 0.519. The van der Waals surface area contributed by atoms with Gasteiger partial charge < -0.3 is 15.1 Å². The average Bonchev–Trinajstić information content (AvgIpc) is 3.06. The smallest absolute Gasteiger partial charge is 0.186 e. The summed E-state index contributed by atoms with van der Waals surface area (Å²) in [5.41, 5.74) is 2.67. The van der Waals surface area contributed by atoms with Crippen LogP contribution < -0.4 is 15.1 Å². The molecule has 0 unspecified atom stereocenters. The molecule has 2 N–H and O–H groups in total. The highest BCUT2D eigenvalue weighted by Gasteiger charge is 2.19. The molecule has 7 nitrogen and oxygen atoms in total. The number of aromatic amines is 1. The van der Waals surface area contributed by atoms with Crippen LogP contribution in [0.2, 0.25) is 0 Å². The largest absolute Gasteiger partial charge is 0.367 e. The van der Waals surface area contributed by atoms with Gasteiger partial charge in [0.25, 0.3) is 0 Å². The van der Waals surface area contributed by atoms with Gasteiger partial charge >= 0.3 is 0 Å². The number of aromatic nitrogens is 4. The molecular formula is C17H20FN7. The van der Waals surface area contributed by atoms with Gasteiger partial charge in [0, 0.05) is 45.8 Å². The molecule has 1 aliphatic rings. The van der Waals surface area contributed by atoms with Crippen LogP contribution in [0.3, 0.4) is 0 Å². The van der Waals surface area contributed by atoms with Gasteiger partial charge in [-0.15, -0.1) is 0 Å². The first kappa shape index (κ1) is 15.8. The maximum Gasteiger partial charge on any atom is 0.186 e. The Morgan fingerprint density at radius 3 is 2.68 bits per heavy atom. The zero-order valence-electron chi connectivity index (χ0n) is 14.3. The summed E-state index contributed by atoms with van der Waals surface area (Å²) in [4.78, 5) is 12.5. The van der Waals surface area contributed by atoms with Crippen LogP contribution in [0.1, 0.15) is 0 Å². The number of anilines is 2. The van der Waals surface area contributed by atoms with Gasteiger partial charge in [-0.05, 0) is 12.1 Å². The molecule has 0 radical (unpaired) electrons. The highest BCUT2D eigenvalue weighted by atomic mass is 19.1. The lowest BCUT2D eigenvalue weighted by Gasteiger charge is -2.29. The van der Waals surface area contributed by atoms with E-state index in [1.165, 1.54) is 6.33 Å². The van der Waals surface area contributed by atoms with Gasteiger partial charge in [0.15, 0.2) is 5.65 Å². The van der Waals surface area contributed by atoms with E-state index in [9.17, 15) is 4.39 Å². The van der Waals surface area contributed by atoms with E-state index in [0.717, 1.165) is 48.6 Å². The number of piperazine rings is 1. The van der Waals surface area contributed by atoms with E-state index in [1.54, 1.807) is 6.07 Å². The van der Waals surface area contributed by atoms with Crippen molar-refractivity contribution in [3.63, 3.8) is 0 Å². The van der Waals surface area contributed by atoms with Crippen molar-refractivity contribution in [2.24, 2.45) is 0 Å². The second-order valence-corrected chi connectivity index (χ2v) is 6.29. The quantitative estimate of drug-likeness (QED) is 0.754. The monoisotopic (exact) mass is 341 g/mol. The molecule has 0 bridgehead atoms. The van der Waals surface area contributed by atoms with Crippen molar-refractivity contribution in [2.45, 2.75) is 0 Å². The zero-order chi connectivity index (χ0) is 17.4. The normalized spacial score (nSPS) is 14.9. The van der Waals surface area contributed by atoms with E-state index in [0.29, 0.717) is 11.3 Å². The number of hydrogen-bond acceptors (Lipinski definition) is 6. The first-order chi connectivity index (χ1) is 12.1. The Morgan fingerprint density at radius 2 is 1.96 bits per heavy atom. The molecular weight excluding hydrogens is 321 g/mol. The van der Waals surface area contributed by atoms with E-state index in [-0.39, 0.29) is 5.82 Å². The standard InChI is InChI=1S/C17H20FN7/c1-24(2)17-14-15(22-23-16(14)20-10-21-17)11-3-4-13(12(18)9-11)25-7-5-19-6-8-25/h3-4,9-10,19H,5-8H2,1-2H3,(H,20,21,22,23). The SMILES string of the molecule is CN(C)c1ncnc2n[nH]c(-c3ccc(N4CCNCC4)c(F)c3)c12. The summed E-state index contributed by atoms with van der Waals surface area (Å²) in [6, 6.07) is 5.30. The van der Waals surface area contributed by atoms with Gasteiger partial charge in [-0.3, -0.25) is 5.10 Å². The van der Waals surface area contributed by atoms with E-state index in [1.807, 2.05) is 31.1 Å². The molecule has 1 aromatic carbocycles. The molecule has 1 fully saturated rings. The number of rotatable bonds is 3. The molecule has 3 heterocycles. The number of fused-ring (bicyclic) bond motifs is 1. The highest BCUT2D eigenvalue weighted by molar-refractivity contribution is 5.98. The summed E-state index contributed by atoms with van der Waals surface area (Å²) in [6.45, 7) is 3.36. The lowest BCUT2D eigenvalue weighted by atomic mass is 10.1. The minimum atomic E-state index is -0.231. The average molecular weight is 341 g/mol. The zero-order valence-corrected chi connectivity index (χ0v) is 14.3. The minimum Gasteiger partial charge on any atom is -0.367 e. The van der Waals surface area contributed by atoms with Crippen LogP contribution in [-0.2, 0) is 0 Å². The van der Waals surface area contributed by atoms with Crippen LogP contribution in [0.5, 0.6) is 0 Å². The maximum atomic E-state index is 14.7. The van der Waals surface area contributed by atoms with Crippen LogP contribution in [0.4, 0.5) is 15.9 Å². The number of H-pyrrole nitrogens is 1. The van der Waals surface area contributed by atoms with E-state index in [4.69, 9.17) is 0 Å². The molecule has 0 atom stereocenters. The molecule has 4 rings (SSSR count). The van der Waals surface area contributed by atoms with Crippen molar-refractivity contribution in [1.29, 1.82) is 0 Å². The summed E-state index contributed by atoms with van der Waals surface area (Å²) in [5, 5.41) is 11.3. The molecule has 25 heavy (non-hydrogen) atoms. The maximum absolute atomic E-state index is 14.7. The van der Waals surface area contributed by atoms with Crippen molar-refractivity contribution in [2.75, 3.05) is 50.1 Å². The first-order valence-electron chi connectivity index (χ1n) is 8.27. The number of halogens is 1. The van der Waals surface area contributed by atoms with Crippen molar-refractivity contribution in [3.05, 3.63) is 30.3 Å². The Bertz CT molecular complexity index is 899. The molecule has 1 aliphatic heterocycles. The Labute approximate surface area is 144 Å². The van der Waals surface area contributed by atoms with E-state index in [2.05, 4.69) is 30.4 Å². The lowest BCUT2D eigenvalue weighted by Crippen LogP contribution is -2.43. The third kappa shape index (κ3) is 2.78. The highest BCUT2D eigenvalue weighted by Crippen LogP contribution is 2.33. The molecule has 0 amide bonds. The molecule has 2 aromatic heterocycles. The fraction of sp³-hybridized carbons (Fsp3) is 0.353. The molecule has 1 saturated heterocycles. The molecule has 0 aliphatic carbocycles. The van der Waals surface area contributed by atoms with E-state index >= 15 is 0 Å². The predicted octanol–water partition coefficient (Wildman–Crippen LogP) is 1.63. The Balaban J connectivity index is 1.78. The van der Waals surface area contributed by atoms with Crippen LogP contribution in [-0.4, -0.2) is 60.4 Å². The lowest BCUT2D eigenvalue weighted by molar-refractivity contribution is 0.566. The molecule has 0 spiro atoms. The van der Waals surface area contributed by atoms with Crippen LogP contribution >= 0.6 is 0 Å². The fourth-order valence-electron chi connectivity index (χ4n) is 3.21. The van der Waals surface area contributed by atoms with Crippen LogP contribution in [0, 0.1) is 5.82 Å².